The first-order valence-corrected chi connectivity index (χ1v) is 10.9. The molecule has 3 N–H and O–H groups in total. The van der Waals surface area contributed by atoms with Crippen molar-refractivity contribution >= 4 is 46.5 Å². The molecule has 0 radical (unpaired) electrons. The van der Waals surface area contributed by atoms with E-state index in [-0.39, 0.29) is 5.91 Å². The molecule has 168 valence electrons. The Kier molecular flexibility index (Phi) is 6.86. The maximum absolute atomic E-state index is 11.3. The number of nitrogens with zero attached hydrogens (tertiary/aromatic N) is 5. The van der Waals surface area contributed by atoms with Crippen molar-refractivity contribution in [3.05, 3.63) is 59.4 Å². The average Bonchev–Trinajstić information content (AvgIpc) is 2.80. The molecule has 2 aromatic carbocycles. The number of amides is 1. The van der Waals surface area contributed by atoms with Crippen LogP contribution in [0.25, 0.3) is 0 Å². The molecule has 1 aliphatic rings. The fourth-order valence-electron chi connectivity index (χ4n) is 3.66. The maximum atomic E-state index is 11.3. The minimum atomic E-state index is -0.130. The molecule has 0 spiro atoms. The fraction of sp³-hybridized carbons (Fsp3) is 0.261. The van der Waals surface area contributed by atoms with Gasteiger partial charge in [0.1, 0.15) is 12.4 Å². The second kappa shape index (κ2) is 10.1. The quantitative estimate of drug-likeness (QED) is 0.499. The lowest BCUT2D eigenvalue weighted by molar-refractivity contribution is -0.114. The van der Waals surface area contributed by atoms with E-state index in [2.05, 4.69) is 41.9 Å². The van der Waals surface area contributed by atoms with Gasteiger partial charge in [-0.15, -0.1) is 0 Å². The number of anilines is 5. The Morgan fingerprint density at radius 1 is 1.12 bits per heavy atom. The number of rotatable bonds is 6. The number of aromatic nitrogens is 3. The summed E-state index contributed by atoms with van der Waals surface area (Å²) in [6.07, 6.45) is 3.31. The molecule has 1 amide bonds. The molecule has 0 atom stereocenters. The molecular weight excluding hydrogens is 440 g/mol. The van der Waals surface area contributed by atoms with Crippen LogP contribution in [0.2, 0.25) is 5.02 Å². The summed E-state index contributed by atoms with van der Waals surface area (Å²) < 4.78 is 0. The van der Waals surface area contributed by atoms with Gasteiger partial charge in [0, 0.05) is 43.1 Å². The summed E-state index contributed by atoms with van der Waals surface area (Å²) >= 11 is 6.14. The van der Waals surface area contributed by atoms with Crippen molar-refractivity contribution in [1.29, 1.82) is 5.26 Å². The van der Waals surface area contributed by atoms with Crippen LogP contribution in [0.4, 0.5) is 29.0 Å². The lowest BCUT2D eigenvalue weighted by Gasteiger charge is -2.32. The van der Waals surface area contributed by atoms with Gasteiger partial charge in [0.15, 0.2) is 0 Å². The van der Waals surface area contributed by atoms with Crippen LogP contribution in [-0.2, 0) is 4.79 Å². The lowest BCUT2D eigenvalue weighted by atomic mass is 10.0. The second-order valence-corrected chi connectivity index (χ2v) is 8.12. The monoisotopic (exact) mass is 462 g/mol. The molecule has 1 fully saturated rings. The van der Waals surface area contributed by atoms with E-state index in [9.17, 15) is 4.79 Å². The summed E-state index contributed by atoms with van der Waals surface area (Å²) in [7, 11) is 0. The van der Waals surface area contributed by atoms with E-state index >= 15 is 0 Å². The third-order valence-corrected chi connectivity index (χ3v) is 5.55. The average molecular weight is 463 g/mol. The van der Waals surface area contributed by atoms with Crippen molar-refractivity contribution in [2.45, 2.75) is 25.8 Å². The molecule has 33 heavy (non-hydrogen) atoms. The maximum Gasteiger partial charge on any atom is 0.231 e. The normalized spacial score (nSPS) is 13.8. The van der Waals surface area contributed by atoms with Crippen molar-refractivity contribution < 1.29 is 4.79 Å². The first kappa shape index (κ1) is 22.3. The van der Waals surface area contributed by atoms with E-state index < -0.39 is 0 Å². The Morgan fingerprint density at radius 3 is 2.64 bits per heavy atom. The zero-order valence-electron chi connectivity index (χ0n) is 18.0. The number of carbonyl (C=O) groups excluding carboxylic acids is 1. The number of benzene rings is 2. The summed E-state index contributed by atoms with van der Waals surface area (Å²) in [5, 5.41) is 18.9. The highest BCUT2D eigenvalue weighted by molar-refractivity contribution is 6.32. The number of nitrogens with one attached hydrogen (secondary N) is 3. The molecule has 0 saturated carbocycles. The molecule has 0 unspecified atom stereocenters. The molecular formula is C23H23ClN8O. The number of nitriles is 1. The smallest absolute Gasteiger partial charge is 0.231 e. The summed E-state index contributed by atoms with van der Waals surface area (Å²) in [4.78, 5) is 26.5. The summed E-state index contributed by atoms with van der Waals surface area (Å²) in [5.74, 6) is 0.924. The third kappa shape index (κ3) is 5.87. The highest BCUT2D eigenvalue weighted by Crippen LogP contribution is 2.24. The number of carbonyl (C=O) groups is 1. The number of hydrogen-bond acceptors (Lipinski definition) is 8. The predicted octanol–water partition coefficient (Wildman–Crippen LogP) is 4.18. The second-order valence-electron chi connectivity index (χ2n) is 7.71. The Labute approximate surface area is 196 Å². The van der Waals surface area contributed by atoms with Crippen LogP contribution in [0.5, 0.6) is 0 Å². The van der Waals surface area contributed by atoms with Gasteiger partial charge in [-0.05, 0) is 49.2 Å². The Hall–Kier alpha value is -3.90. The van der Waals surface area contributed by atoms with Crippen LogP contribution in [0.15, 0.2) is 48.8 Å². The number of hydrogen-bond donors (Lipinski definition) is 3. The molecule has 1 aromatic heterocycles. The van der Waals surface area contributed by atoms with Gasteiger partial charge in [-0.3, -0.25) is 4.79 Å². The fourth-order valence-corrected chi connectivity index (χ4v) is 3.89. The van der Waals surface area contributed by atoms with Gasteiger partial charge in [0.05, 0.1) is 10.6 Å². The van der Waals surface area contributed by atoms with Crippen LogP contribution >= 0.6 is 11.6 Å². The molecule has 3 aromatic rings. The Bertz CT molecular complexity index is 1190. The summed E-state index contributed by atoms with van der Waals surface area (Å²) in [5.41, 5.74) is 2.84. The van der Waals surface area contributed by atoms with E-state index in [0.29, 0.717) is 34.2 Å². The molecule has 2 heterocycles. The van der Waals surface area contributed by atoms with E-state index in [4.69, 9.17) is 16.9 Å². The zero-order valence-corrected chi connectivity index (χ0v) is 18.8. The molecule has 1 aliphatic heterocycles. The van der Waals surface area contributed by atoms with Gasteiger partial charge in [0.25, 0.3) is 0 Å². The van der Waals surface area contributed by atoms with Crippen molar-refractivity contribution in [2.24, 2.45) is 0 Å². The minimum Gasteiger partial charge on any atom is -0.382 e. The van der Waals surface area contributed by atoms with Crippen LogP contribution in [0.3, 0.4) is 0 Å². The van der Waals surface area contributed by atoms with E-state index in [1.54, 1.807) is 12.1 Å². The largest absolute Gasteiger partial charge is 0.382 e. The minimum absolute atomic E-state index is 0.130. The van der Waals surface area contributed by atoms with E-state index in [1.165, 1.54) is 13.3 Å². The van der Waals surface area contributed by atoms with Gasteiger partial charge in [0.2, 0.25) is 17.8 Å². The first-order chi connectivity index (χ1) is 16.0. The topological polar surface area (TPSA) is 119 Å². The Morgan fingerprint density at radius 2 is 1.91 bits per heavy atom. The van der Waals surface area contributed by atoms with Crippen LogP contribution < -0.4 is 20.9 Å². The highest BCUT2D eigenvalue weighted by Gasteiger charge is 2.21. The molecule has 9 nitrogen and oxygen atoms in total. The molecule has 0 aliphatic carbocycles. The van der Waals surface area contributed by atoms with Crippen molar-refractivity contribution in [1.82, 2.24) is 15.0 Å². The van der Waals surface area contributed by atoms with Gasteiger partial charge in [-0.2, -0.15) is 10.2 Å². The van der Waals surface area contributed by atoms with Crippen molar-refractivity contribution in [2.75, 3.05) is 33.9 Å². The lowest BCUT2D eigenvalue weighted by Crippen LogP contribution is -2.40. The van der Waals surface area contributed by atoms with E-state index in [0.717, 1.165) is 37.3 Å². The van der Waals surface area contributed by atoms with Gasteiger partial charge >= 0.3 is 0 Å². The number of halogens is 1. The highest BCUT2D eigenvalue weighted by atomic mass is 35.5. The molecule has 1 saturated heterocycles. The number of piperidine rings is 1. The van der Waals surface area contributed by atoms with Gasteiger partial charge < -0.3 is 20.9 Å². The van der Waals surface area contributed by atoms with E-state index in [1.807, 2.05) is 30.3 Å². The van der Waals surface area contributed by atoms with Gasteiger partial charge in [-0.1, -0.05) is 17.7 Å². The Balaban J connectivity index is 1.35. The van der Waals surface area contributed by atoms with Gasteiger partial charge in [-0.25, -0.2) is 9.97 Å². The summed E-state index contributed by atoms with van der Waals surface area (Å²) in [6.45, 7) is 3.06. The molecule has 10 heteroatoms. The summed E-state index contributed by atoms with van der Waals surface area (Å²) in [6, 6.07) is 15.1. The third-order valence-electron chi connectivity index (χ3n) is 5.24. The van der Waals surface area contributed by atoms with Crippen LogP contribution in [0, 0.1) is 11.3 Å². The van der Waals surface area contributed by atoms with Crippen molar-refractivity contribution in [3.8, 4) is 6.07 Å². The molecule has 4 rings (SSSR count). The van der Waals surface area contributed by atoms with Crippen LogP contribution in [-0.4, -0.2) is 40.0 Å². The molecule has 0 bridgehead atoms. The van der Waals surface area contributed by atoms with Crippen molar-refractivity contribution in [3.63, 3.8) is 0 Å². The van der Waals surface area contributed by atoms with Crippen LogP contribution in [0.1, 0.15) is 25.3 Å². The SMILES string of the molecule is CC(=O)Nc1cccc(Nc2ncnc(N3CCC(Nc4ccc(C#N)c(Cl)c4)CC3)n2)c1. The zero-order chi connectivity index (χ0) is 23.2. The predicted molar refractivity (Wildman–Crippen MR) is 129 cm³/mol. The standard InChI is InChI=1S/C23H23ClN8O/c1-15(33)28-18-3-2-4-19(11-18)30-22-26-14-27-23(31-22)32-9-7-17(8-10-32)29-20-6-5-16(13-25)21(24)12-20/h2-6,11-12,14,17,29H,7-10H2,1H3,(H,28,33)(H,26,27,30,31). The first-order valence-electron chi connectivity index (χ1n) is 10.5.